The molecule has 1 aromatic carbocycles. The van der Waals surface area contributed by atoms with Crippen molar-refractivity contribution in [2.75, 3.05) is 20.1 Å². The van der Waals surface area contributed by atoms with Gasteiger partial charge in [0, 0.05) is 13.1 Å². The molecule has 0 radical (unpaired) electrons. The molecule has 5 nitrogen and oxygen atoms in total. The molecular weight excluding hydrogens is 284 g/mol. The highest BCUT2D eigenvalue weighted by Crippen LogP contribution is 2.11. The molecule has 1 N–H and O–H groups in total. The summed E-state index contributed by atoms with van der Waals surface area (Å²) in [5, 5.41) is 6.92. The van der Waals surface area contributed by atoms with E-state index in [4.69, 9.17) is 0 Å². The molecule has 2 aromatic rings. The fraction of sp³-hybridized carbons (Fsp3) is 0.400. The third kappa shape index (κ3) is 5.24. The highest BCUT2D eigenvalue weighted by molar-refractivity contribution is 7.05. The number of aryl methyl sites for hydroxylation is 1. The summed E-state index contributed by atoms with van der Waals surface area (Å²) in [5.74, 6) is 0.0450. The highest BCUT2D eigenvalue weighted by Gasteiger charge is 2.10. The van der Waals surface area contributed by atoms with Gasteiger partial charge in [-0.25, -0.2) is 0 Å². The molecule has 0 bridgehead atoms. The van der Waals surface area contributed by atoms with Crippen LogP contribution in [-0.4, -0.2) is 40.5 Å². The molecule has 0 fully saturated rings. The molecule has 0 aliphatic carbocycles. The Morgan fingerprint density at radius 3 is 2.76 bits per heavy atom. The Bertz CT molecular complexity index is 570. The zero-order valence-electron chi connectivity index (χ0n) is 12.4. The quantitative estimate of drug-likeness (QED) is 0.845. The maximum Gasteiger partial charge on any atom is 0.234 e. The van der Waals surface area contributed by atoms with Crippen LogP contribution in [0.2, 0.25) is 0 Å². The number of rotatable bonds is 7. The molecule has 0 saturated heterocycles. The molecule has 2 rings (SSSR count). The summed E-state index contributed by atoms with van der Waals surface area (Å²) in [6.45, 7) is 3.69. The largest absolute Gasteiger partial charge is 0.355 e. The van der Waals surface area contributed by atoms with E-state index >= 15 is 0 Å². The van der Waals surface area contributed by atoms with Gasteiger partial charge in [-0.15, -0.1) is 5.10 Å². The lowest BCUT2D eigenvalue weighted by Gasteiger charge is -2.15. The van der Waals surface area contributed by atoms with E-state index in [0.717, 1.165) is 17.0 Å². The summed E-state index contributed by atoms with van der Waals surface area (Å²) in [5.41, 5.74) is 2.17. The van der Waals surface area contributed by atoms with Crippen LogP contribution >= 0.6 is 11.5 Å². The molecule has 6 heteroatoms. The van der Waals surface area contributed by atoms with Gasteiger partial charge in [-0.1, -0.05) is 34.8 Å². The second kappa shape index (κ2) is 7.85. The number of carbonyl (C=O) groups is 1. The highest BCUT2D eigenvalue weighted by atomic mass is 32.1. The van der Waals surface area contributed by atoms with Crippen molar-refractivity contribution in [1.82, 2.24) is 19.8 Å². The Labute approximate surface area is 129 Å². The Kier molecular flexibility index (Phi) is 5.83. The lowest BCUT2D eigenvalue weighted by molar-refractivity contribution is -0.122. The smallest absolute Gasteiger partial charge is 0.234 e. The average molecular weight is 304 g/mol. The van der Waals surface area contributed by atoms with Gasteiger partial charge in [0.1, 0.15) is 0 Å². The van der Waals surface area contributed by atoms with Crippen LogP contribution < -0.4 is 5.32 Å². The normalized spacial score (nSPS) is 10.8. The van der Waals surface area contributed by atoms with E-state index in [1.54, 1.807) is 0 Å². The second-order valence-electron chi connectivity index (χ2n) is 5.04. The minimum Gasteiger partial charge on any atom is -0.355 e. The lowest BCUT2D eigenvalue weighted by atomic mass is 10.1. The van der Waals surface area contributed by atoms with Crippen molar-refractivity contribution in [2.24, 2.45) is 0 Å². The standard InChI is InChI=1S/C15H20N4OS/c1-12-14(21-18-17-12)10-19(2)11-15(20)16-9-8-13-6-4-3-5-7-13/h3-7H,8-11H2,1-2H3,(H,16,20). The fourth-order valence-corrected chi connectivity index (χ4v) is 2.70. The number of nitrogens with zero attached hydrogens (tertiary/aromatic N) is 3. The Hall–Kier alpha value is -1.79. The van der Waals surface area contributed by atoms with Crippen molar-refractivity contribution in [3.05, 3.63) is 46.5 Å². The number of likely N-dealkylation sites (N-methyl/N-ethyl adjacent to an activating group) is 1. The number of benzene rings is 1. The van der Waals surface area contributed by atoms with Gasteiger partial charge < -0.3 is 5.32 Å². The first-order valence-corrected chi connectivity index (χ1v) is 7.69. The second-order valence-corrected chi connectivity index (χ2v) is 5.88. The summed E-state index contributed by atoms with van der Waals surface area (Å²) in [4.78, 5) is 15.0. The monoisotopic (exact) mass is 304 g/mol. The molecule has 112 valence electrons. The summed E-state index contributed by atoms with van der Waals surface area (Å²) in [7, 11) is 1.93. The van der Waals surface area contributed by atoms with E-state index in [0.29, 0.717) is 19.6 Å². The van der Waals surface area contributed by atoms with E-state index in [1.807, 2.05) is 37.1 Å². The van der Waals surface area contributed by atoms with Crippen molar-refractivity contribution >= 4 is 17.4 Å². The van der Waals surface area contributed by atoms with Crippen molar-refractivity contribution in [3.63, 3.8) is 0 Å². The maximum atomic E-state index is 11.9. The third-order valence-corrected chi connectivity index (χ3v) is 3.96. The van der Waals surface area contributed by atoms with Crippen LogP contribution in [-0.2, 0) is 17.8 Å². The van der Waals surface area contributed by atoms with Crippen molar-refractivity contribution in [3.8, 4) is 0 Å². The molecule has 0 unspecified atom stereocenters. The predicted octanol–water partition coefficient (Wildman–Crippen LogP) is 1.64. The van der Waals surface area contributed by atoms with E-state index in [9.17, 15) is 4.79 Å². The topological polar surface area (TPSA) is 58.1 Å². The van der Waals surface area contributed by atoms with Crippen molar-refractivity contribution < 1.29 is 4.79 Å². The number of hydrogen-bond donors (Lipinski definition) is 1. The average Bonchev–Trinajstić information content (AvgIpc) is 2.85. The summed E-state index contributed by atoms with van der Waals surface area (Å²) < 4.78 is 3.90. The number of carbonyl (C=O) groups excluding carboxylic acids is 1. The van der Waals surface area contributed by atoms with Gasteiger partial charge in [-0.3, -0.25) is 9.69 Å². The predicted molar refractivity (Wildman–Crippen MR) is 84.1 cm³/mol. The first kappa shape index (κ1) is 15.6. The SMILES string of the molecule is Cc1nnsc1CN(C)CC(=O)NCCc1ccccc1. The van der Waals surface area contributed by atoms with E-state index in [1.165, 1.54) is 17.1 Å². The van der Waals surface area contributed by atoms with E-state index in [-0.39, 0.29) is 5.91 Å². The fourth-order valence-electron chi connectivity index (χ4n) is 1.99. The molecule has 1 aromatic heterocycles. The van der Waals surface area contributed by atoms with Gasteiger partial charge in [0.25, 0.3) is 0 Å². The molecule has 0 spiro atoms. The molecule has 1 amide bonds. The van der Waals surface area contributed by atoms with Gasteiger partial charge in [-0.05, 0) is 37.5 Å². The third-order valence-electron chi connectivity index (χ3n) is 3.15. The Morgan fingerprint density at radius 1 is 1.33 bits per heavy atom. The van der Waals surface area contributed by atoms with E-state index < -0.39 is 0 Å². The van der Waals surface area contributed by atoms with Crippen LogP contribution in [0.15, 0.2) is 30.3 Å². The minimum atomic E-state index is 0.0450. The van der Waals surface area contributed by atoms with Crippen LogP contribution in [0.1, 0.15) is 16.1 Å². The summed E-state index contributed by atoms with van der Waals surface area (Å²) in [6, 6.07) is 10.1. The molecule has 0 saturated carbocycles. The lowest BCUT2D eigenvalue weighted by Crippen LogP contribution is -2.35. The summed E-state index contributed by atoms with van der Waals surface area (Å²) >= 11 is 1.39. The maximum absolute atomic E-state index is 11.9. The first-order chi connectivity index (χ1) is 10.1. The molecule has 0 atom stereocenters. The van der Waals surface area contributed by atoms with Crippen LogP contribution in [0.3, 0.4) is 0 Å². The number of hydrogen-bond acceptors (Lipinski definition) is 5. The van der Waals surface area contributed by atoms with E-state index in [2.05, 4.69) is 27.0 Å². The first-order valence-electron chi connectivity index (χ1n) is 6.92. The Morgan fingerprint density at radius 2 is 2.10 bits per heavy atom. The van der Waals surface area contributed by atoms with Gasteiger partial charge in [0.15, 0.2) is 0 Å². The van der Waals surface area contributed by atoms with Gasteiger partial charge in [0.2, 0.25) is 5.91 Å². The van der Waals surface area contributed by atoms with Crippen LogP contribution in [0.25, 0.3) is 0 Å². The molecular formula is C15H20N4OS. The van der Waals surface area contributed by atoms with Crippen LogP contribution in [0.4, 0.5) is 0 Å². The van der Waals surface area contributed by atoms with Gasteiger partial charge >= 0.3 is 0 Å². The summed E-state index contributed by atoms with van der Waals surface area (Å²) in [6.07, 6.45) is 0.855. The molecule has 0 aliphatic heterocycles. The number of nitrogens with one attached hydrogen (secondary N) is 1. The number of aromatic nitrogens is 2. The molecule has 1 heterocycles. The van der Waals surface area contributed by atoms with Crippen molar-refractivity contribution in [2.45, 2.75) is 19.9 Å². The van der Waals surface area contributed by atoms with Crippen LogP contribution in [0, 0.1) is 6.92 Å². The zero-order valence-corrected chi connectivity index (χ0v) is 13.2. The zero-order chi connectivity index (χ0) is 15.1. The van der Waals surface area contributed by atoms with Gasteiger partial charge in [0.05, 0.1) is 17.1 Å². The minimum absolute atomic E-state index is 0.0450. The number of amides is 1. The van der Waals surface area contributed by atoms with Crippen molar-refractivity contribution in [1.29, 1.82) is 0 Å². The molecule has 0 aliphatic rings. The van der Waals surface area contributed by atoms with Crippen LogP contribution in [0.5, 0.6) is 0 Å². The van der Waals surface area contributed by atoms with Gasteiger partial charge in [-0.2, -0.15) is 0 Å². The molecule has 21 heavy (non-hydrogen) atoms. The Balaban J connectivity index is 1.68.